The van der Waals surface area contributed by atoms with Crippen molar-refractivity contribution in [1.82, 2.24) is 0 Å². The maximum Gasteiger partial charge on any atom is 0.304 e. The lowest BCUT2D eigenvalue weighted by atomic mass is 9.79. The van der Waals surface area contributed by atoms with Crippen LogP contribution in [-0.4, -0.2) is 25.3 Å². The molecule has 0 spiro atoms. The Morgan fingerprint density at radius 2 is 1.90 bits per heavy atom. The summed E-state index contributed by atoms with van der Waals surface area (Å²) in [5.41, 5.74) is 0.923. The molecule has 0 fully saturated rings. The van der Waals surface area contributed by atoms with Crippen LogP contribution in [0, 0.1) is 0 Å². The first kappa shape index (κ1) is 17.6. The number of carbonyl (C=O) groups is 1. The average molecular weight is 315 g/mol. The molecule has 0 saturated carbocycles. The van der Waals surface area contributed by atoms with E-state index in [1.54, 1.807) is 7.11 Å². The molecule has 0 unspecified atom stereocenters. The number of methoxy groups -OCH3 is 2. The van der Waals surface area contributed by atoms with Crippen LogP contribution in [0.2, 0.25) is 5.02 Å². The van der Waals surface area contributed by atoms with Crippen LogP contribution in [-0.2, 0) is 10.2 Å². The van der Waals surface area contributed by atoms with Crippen molar-refractivity contribution in [3.63, 3.8) is 0 Å². The number of aliphatic carboxylic acids is 1. The van der Waals surface area contributed by atoms with E-state index in [2.05, 4.69) is 0 Å². The Morgan fingerprint density at radius 3 is 2.29 bits per heavy atom. The van der Waals surface area contributed by atoms with Crippen molar-refractivity contribution in [2.24, 2.45) is 0 Å². The molecule has 118 valence electrons. The van der Waals surface area contributed by atoms with E-state index in [9.17, 15) is 4.79 Å². The molecule has 0 bridgehead atoms. The fourth-order valence-electron chi connectivity index (χ4n) is 2.48. The minimum Gasteiger partial charge on any atom is -0.493 e. The van der Waals surface area contributed by atoms with Gasteiger partial charge < -0.3 is 14.6 Å². The van der Waals surface area contributed by atoms with Gasteiger partial charge in [-0.05, 0) is 17.5 Å². The van der Waals surface area contributed by atoms with Crippen molar-refractivity contribution in [2.45, 2.75) is 45.4 Å². The van der Waals surface area contributed by atoms with Crippen LogP contribution in [0.4, 0.5) is 0 Å². The first-order valence-electron chi connectivity index (χ1n) is 6.82. The predicted octanol–water partition coefficient (Wildman–Crippen LogP) is 4.23. The molecule has 4 nitrogen and oxygen atoms in total. The van der Waals surface area contributed by atoms with Gasteiger partial charge >= 0.3 is 5.97 Å². The van der Waals surface area contributed by atoms with Gasteiger partial charge in [-0.2, -0.15) is 0 Å². The molecule has 0 radical (unpaired) electrons. The number of benzene rings is 1. The van der Waals surface area contributed by atoms with E-state index < -0.39 is 11.4 Å². The molecular formula is C16H23ClO4. The number of rotatable bonds is 6. The lowest BCUT2D eigenvalue weighted by Gasteiger charge is -2.29. The zero-order valence-electron chi connectivity index (χ0n) is 13.4. The highest BCUT2D eigenvalue weighted by molar-refractivity contribution is 6.32. The van der Waals surface area contributed by atoms with Crippen molar-refractivity contribution in [1.29, 1.82) is 0 Å². The Bertz CT molecular complexity index is 536. The number of carboxylic acid groups (broad SMARTS) is 1. The molecule has 1 rings (SSSR count). The molecule has 1 aromatic rings. The van der Waals surface area contributed by atoms with Crippen molar-refractivity contribution in [3.05, 3.63) is 22.2 Å². The fourth-order valence-corrected chi connectivity index (χ4v) is 3.10. The quantitative estimate of drug-likeness (QED) is 0.853. The van der Waals surface area contributed by atoms with E-state index in [0.717, 1.165) is 5.56 Å². The highest BCUT2D eigenvalue weighted by Crippen LogP contribution is 2.47. The Hall–Kier alpha value is -1.42. The minimum absolute atomic E-state index is 0.0478. The lowest BCUT2D eigenvalue weighted by Crippen LogP contribution is -2.24. The topological polar surface area (TPSA) is 55.8 Å². The van der Waals surface area contributed by atoms with Crippen molar-refractivity contribution >= 4 is 17.6 Å². The SMILES string of the molecule is COc1cc(C(C)C)c(Cl)c(C(C)(C)CC(=O)O)c1OC. The third kappa shape index (κ3) is 3.62. The van der Waals surface area contributed by atoms with Gasteiger partial charge in [0, 0.05) is 11.0 Å². The Morgan fingerprint density at radius 1 is 1.33 bits per heavy atom. The minimum atomic E-state index is -0.882. The summed E-state index contributed by atoms with van der Waals surface area (Å²) in [5, 5.41) is 9.70. The lowest BCUT2D eigenvalue weighted by molar-refractivity contribution is -0.138. The van der Waals surface area contributed by atoms with Gasteiger partial charge in [-0.3, -0.25) is 4.79 Å². The summed E-state index contributed by atoms with van der Waals surface area (Å²) in [4.78, 5) is 11.2. The van der Waals surface area contributed by atoms with Gasteiger partial charge in [0.05, 0.1) is 25.7 Å². The van der Waals surface area contributed by atoms with E-state index in [1.807, 2.05) is 33.8 Å². The third-order valence-electron chi connectivity index (χ3n) is 3.53. The molecule has 0 aliphatic heterocycles. The first-order valence-corrected chi connectivity index (χ1v) is 7.20. The molecule has 1 N–H and O–H groups in total. The molecule has 1 aromatic carbocycles. The summed E-state index contributed by atoms with van der Waals surface area (Å²) in [7, 11) is 3.09. The second kappa shape index (κ2) is 6.56. The third-order valence-corrected chi connectivity index (χ3v) is 3.93. The smallest absolute Gasteiger partial charge is 0.304 e. The maximum atomic E-state index is 11.2. The van der Waals surface area contributed by atoms with Crippen LogP contribution in [0.1, 0.15) is 51.2 Å². The monoisotopic (exact) mass is 314 g/mol. The summed E-state index contributed by atoms with van der Waals surface area (Å²) in [5.74, 6) is 0.376. The van der Waals surface area contributed by atoms with Crippen LogP contribution in [0.5, 0.6) is 11.5 Å². The van der Waals surface area contributed by atoms with Crippen LogP contribution >= 0.6 is 11.6 Å². The highest BCUT2D eigenvalue weighted by atomic mass is 35.5. The number of ether oxygens (including phenoxy) is 2. The zero-order valence-corrected chi connectivity index (χ0v) is 14.2. The molecule has 0 aromatic heterocycles. The molecule has 0 heterocycles. The molecule has 0 aliphatic rings. The molecular weight excluding hydrogens is 292 g/mol. The summed E-state index contributed by atoms with van der Waals surface area (Å²) in [6.07, 6.45) is -0.0478. The van der Waals surface area contributed by atoms with E-state index in [4.69, 9.17) is 26.2 Å². The zero-order chi connectivity index (χ0) is 16.4. The molecule has 0 aliphatic carbocycles. The summed E-state index contributed by atoms with van der Waals surface area (Å²) in [6.45, 7) is 7.74. The normalized spacial score (nSPS) is 11.6. The Balaban J connectivity index is 3.67. The van der Waals surface area contributed by atoms with E-state index >= 15 is 0 Å². The standard InChI is InChI=1S/C16H23ClO4/c1-9(2)10-7-11(20-5)15(21-6)13(14(10)17)16(3,4)8-12(18)19/h7,9H,8H2,1-6H3,(H,18,19). The fraction of sp³-hybridized carbons (Fsp3) is 0.562. The highest BCUT2D eigenvalue weighted by Gasteiger charge is 2.33. The van der Waals surface area contributed by atoms with Crippen LogP contribution in [0.3, 0.4) is 0 Å². The first-order chi connectivity index (χ1) is 9.65. The number of hydrogen-bond acceptors (Lipinski definition) is 3. The van der Waals surface area contributed by atoms with Gasteiger partial charge in [0.25, 0.3) is 0 Å². The van der Waals surface area contributed by atoms with Gasteiger partial charge in [0.1, 0.15) is 0 Å². The van der Waals surface area contributed by atoms with Gasteiger partial charge in [-0.15, -0.1) is 0 Å². The molecule has 0 amide bonds. The molecule has 0 atom stereocenters. The van der Waals surface area contributed by atoms with E-state index in [1.165, 1.54) is 7.11 Å². The largest absolute Gasteiger partial charge is 0.493 e. The van der Waals surface area contributed by atoms with Crippen LogP contribution in [0.25, 0.3) is 0 Å². The maximum absolute atomic E-state index is 11.2. The Kier molecular flexibility index (Phi) is 5.51. The summed E-state index contributed by atoms with van der Waals surface area (Å²) >= 11 is 6.56. The van der Waals surface area contributed by atoms with Crippen LogP contribution in [0.15, 0.2) is 6.07 Å². The summed E-state index contributed by atoms with van der Waals surface area (Å²) < 4.78 is 10.8. The van der Waals surface area contributed by atoms with Crippen LogP contribution < -0.4 is 9.47 Å². The second-order valence-electron chi connectivity index (χ2n) is 6.00. The van der Waals surface area contributed by atoms with Gasteiger partial charge in [0.2, 0.25) is 0 Å². The van der Waals surface area contributed by atoms with Crippen molar-refractivity contribution in [2.75, 3.05) is 14.2 Å². The summed E-state index contributed by atoms with van der Waals surface area (Å²) in [6, 6.07) is 1.85. The number of carboxylic acids is 1. The number of hydrogen-bond donors (Lipinski definition) is 1. The van der Waals surface area contributed by atoms with E-state index in [-0.39, 0.29) is 12.3 Å². The van der Waals surface area contributed by atoms with E-state index in [0.29, 0.717) is 22.1 Å². The van der Waals surface area contributed by atoms with Crippen molar-refractivity contribution in [3.8, 4) is 11.5 Å². The van der Waals surface area contributed by atoms with Gasteiger partial charge in [-0.1, -0.05) is 39.3 Å². The molecule has 5 heteroatoms. The van der Waals surface area contributed by atoms with Gasteiger partial charge in [-0.25, -0.2) is 0 Å². The predicted molar refractivity (Wildman–Crippen MR) is 83.9 cm³/mol. The Labute approximate surface area is 131 Å². The second-order valence-corrected chi connectivity index (χ2v) is 6.38. The van der Waals surface area contributed by atoms with Gasteiger partial charge in [0.15, 0.2) is 11.5 Å². The molecule has 0 saturated heterocycles. The van der Waals surface area contributed by atoms with Crippen molar-refractivity contribution < 1.29 is 19.4 Å². The number of halogens is 1. The molecule has 21 heavy (non-hydrogen) atoms. The average Bonchev–Trinajstić information content (AvgIpc) is 2.35.